The summed E-state index contributed by atoms with van der Waals surface area (Å²) in [5, 5.41) is 5.22. The van der Waals surface area contributed by atoms with Crippen LogP contribution in [0.4, 0.5) is 0 Å². The fraction of sp³-hybridized carbons (Fsp3) is 0.235. The van der Waals surface area contributed by atoms with E-state index >= 15 is 0 Å². The Morgan fingerprint density at radius 3 is 2.58 bits per heavy atom. The van der Waals surface area contributed by atoms with Gasteiger partial charge in [0.15, 0.2) is 12.4 Å². The average molecular weight is 344 g/mol. The molecule has 0 N–H and O–H groups in total. The van der Waals surface area contributed by atoms with Gasteiger partial charge in [0.25, 0.3) is 0 Å². The Labute approximate surface area is 142 Å². The smallest absolute Gasteiger partial charge is 0.348 e. The second kappa shape index (κ2) is 6.45. The largest absolute Gasteiger partial charge is 0.497 e. The number of carbonyl (C=O) groups excluding carboxylic acids is 2. The molecule has 0 aliphatic heterocycles. The van der Waals surface area contributed by atoms with Gasteiger partial charge in [-0.25, -0.2) is 4.79 Å². The Morgan fingerprint density at radius 2 is 1.96 bits per heavy atom. The van der Waals surface area contributed by atoms with Crippen molar-refractivity contribution in [2.75, 3.05) is 13.7 Å². The number of aryl methyl sites for hydroxylation is 2. The van der Waals surface area contributed by atoms with Crippen LogP contribution in [0.25, 0.3) is 10.2 Å². The molecule has 124 valence electrons. The third-order valence-electron chi connectivity index (χ3n) is 3.64. The van der Waals surface area contributed by atoms with Gasteiger partial charge in [0.2, 0.25) is 0 Å². The molecule has 2 heterocycles. The van der Waals surface area contributed by atoms with Crippen molar-refractivity contribution in [3.63, 3.8) is 0 Å². The number of Topliss-reactive ketones (excluding diaryl/α,β-unsaturated/α-hetero) is 1. The van der Waals surface area contributed by atoms with E-state index in [4.69, 9.17) is 9.47 Å². The zero-order chi connectivity index (χ0) is 17.3. The molecule has 24 heavy (non-hydrogen) atoms. The number of aromatic nitrogens is 2. The predicted octanol–water partition coefficient (Wildman–Crippen LogP) is 2.99. The number of hydrogen-bond donors (Lipinski definition) is 0. The van der Waals surface area contributed by atoms with Crippen LogP contribution in [-0.2, 0) is 11.8 Å². The number of fused-ring (bicyclic) bond motifs is 1. The molecule has 0 amide bonds. The van der Waals surface area contributed by atoms with Crippen LogP contribution in [0, 0.1) is 6.92 Å². The van der Waals surface area contributed by atoms with Crippen LogP contribution >= 0.6 is 11.3 Å². The van der Waals surface area contributed by atoms with Gasteiger partial charge < -0.3 is 9.47 Å². The molecule has 2 aromatic heterocycles. The van der Waals surface area contributed by atoms with E-state index in [0.29, 0.717) is 16.2 Å². The van der Waals surface area contributed by atoms with Gasteiger partial charge in [-0.3, -0.25) is 9.48 Å². The zero-order valence-electron chi connectivity index (χ0n) is 13.5. The summed E-state index contributed by atoms with van der Waals surface area (Å²) in [5.74, 6) is -0.0970. The second-order valence-corrected chi connectivity index (χ2v) is 6.30. The van der Waals surface area contributed by atoms with Gasteiger partial charge in [-0.05, 0) is 37.3 Å². The fourth-order valence-electron chi connectivity index (χ4n) is 2.37. The molecule has 0 saturated heterocycles. The average Bonchev–Trinajstić information content (AvgIpc) is 3.14. The number of thiophene rings is 1. The molecule has 0 aliphatic rings. The fourth-order valence-corrected chi connectivity index (χ4v) is 3.39. The van der Waals surface area contributed by atoms with E-state index in [0.717, 1.165) is 15.9 Å². The summed E-state index contributed by atoms with van der Waals surface area (Å²) in [6.45, 7) is 1.59. The Kier molecular flexibility index (Phi) is 4.35. The maximum atomic E-state index is 12.2. The minimum absolute atomic E-state index is 0.259. The monoisotopic (exact) mass is 344 g/mol. The second-order valence-electron chi connectivity index (χ2n) is 5.27. The van der Waals surface area contributed by atoms with Gasteiger partial charge in [0, 0.05) is 18.0 Å². The highest BCUT2D eigenvalue weighted by Gasteiger charge is 2.17. The van der Waals surface area contributed by atoms with Crippen LogP contribution in [-0.4, -0.2) is 35.2 Å². The molecule has 0 spiro atoms. The maximum Gasteiger partial charge on any atom is 0.348 e. The van der Waals surface area contributed by atoms with E-state index in [1.165, 1.54) is 11.3 Å². The molecule has 0 bridgehead atoms. The molecule has 0 aliphatic carbocycles. The highest BCUT2D eigenvalue weighted by molar-refractivity contribution is 7.20. The van der Waals surface area contributed by atoms with Gasteiger partial charge in [-0.15, -0.1) is 11.3 Å². The molecule has 7 heteroatoms. The van der Waals surface area contributed by atoms with Crippen LogP contribution in [0.3, 0.4) is 0 Å². The molecular weight excluding hydrogens is 328 g/mol. The lowest BCUT2D eigenvalue weighted by atomic mass is 10.1. The van der Waals surface area contributed by atoms with Crippen LogP contribution in [0.15, 0.2) is 30.3 Å². The highest BCUT2D eigenvalue weighted by Crippen LogP contribution is 2.28. The first-order valence-corrected chi connectivity index (χ1v) is 8.08. The normalized spacial score (nSPS) is 10.8. The first kappa shape index (κ1) is 16.2. The van der Waals surface area contributed by atoms with Crippen LogP contribution in [0.2, 0.25) is 0 Å². The minimum Gasteiger partial charge on any atom is -0.497 e. The minimum atomic E-state index is -0.502. The van der Waals surface area contributed by atoms with Gasteiger partial charge in [0.1, 0.15) is 15.5 Å². The lowest BCUT2D eigenvalue weighted by molar-refractivity contribution is 0.0479. The number of esters is 1. The van der Waals surface area contributed by atoms with E-state index in [-0.39, 0.29) is 12.4 Å². The van der Waals surface area contributed by atoms with Crippen molar-refractivity contribution < 1.29 is 19.1 Å². The van der Waals surface area contributed by atoms with Gasteiger partial charge in [-0.2, -0.15) is 5.10 Å². The topological polar surface area (TPSA) is 70.4 Å². The third-order valence-corrected chi connectivity index (χ3v) is 4.83. The Hall–Kier alpha value is -2.67. The first-order chi connectivity index (χ1) is 11.5. The van der Waals surface area contributed by atoms with Crippen LogP contribution in [0.1, 0.15) is 25.7 Å². The van der Waals surface area contributed by atoms with Crippen molar-refractivity contribution in [2.45, 2.75) is 6.92 Å². The lowest BCUT2D eigenvalue weighted by Gasteiger charge is -2.04. The van der Waals surface area contributed by atoms with Crippen LogP contribution in [0.5, 0.6) is 5.75 Å². The standard InChI is InChI=1S/C17H16N2O4S/c1-10-13-8-15(24-16(13)19(2)18-10)17(21)23-9-14(20)11-4-6-12(22-3)7-5-11/h4-8H,9H2,1-3H3. The first-order valence-electron chi connectivity index (χ1n) is 7.27. The van der Waals surface area contributed by atoms with Crippen molar-refractivity contribution >= 4 is 33.3 Å². The van der Waals surface area contributed by atoms with E-state index < -0.39 is 5.97 Å². The van der Waals surface area contributed by atoms with E-state index in [1.807, 2.05) is 14.0 Å². The number of benzene rings is 1. The molecular formula is C17H16N2O4S. The predicted molar refractivity (Wildman–Crippen MR) is 90.9 cm³/mol. The molecule has 3 aromatic rings. The molecule has 0 unspecified atom stereocenters. The summed E-state index contributed by atoms with van der Waals surface area (Å²) < 4.78 is 11.9. The summed E-state index contributed by atoms with van der Waals surface area (Å²) in [5.41, 5.74) is 1.33. The maximum absolute atomic E-state index is 12.2. The van der Waals surface area contributed by atoms with E-state index in [9.17, 15) is 9.59 Å². The summed E-state index contributed by atoms with van der Waals surface area (Å²) in [7, 11) is 3.38. The van der Waals surface area contributed by atoms with Gasteiger partial charge >= 0.3 is 5.97 Å². The highest BCUT2D eigenvalue weighted by atomic mass is 32.1. The van der Waals surface area contributed by atoms with Crippen molar-refractivity contribution in [3.05, 3.63) is 46.5 Å². The van der Waals surface area contributed by atoms with Crippen molar-refractivity contribution in [1.82, 2.24) is 9.78 Å². The molecule has 0 saturated carbocycles. The van der Waals surface area contributed by atoms with Crippen molar-refractivity contribution in [3.8, 4) is 5.75 Å². The number of ketones is 1. The van der Waals surface area contributed by atoms with Gasteiger partial charge in [0.05, 0.1) is 12.8 Å². The summed E-state index contributed by atoms with van der Waals surface area (Å²) >= 11 is 1.30. The number of hydrogen-bond acceptors (Lipinski definition) is 6. The number of rotatable bonds is 5. The quantitative estimate of drug-likeness (QED) is 0.526. The molecule has 0 fully saturated rings. The van der Waals surface area contributed by atoms with E-state index in [2.05, 4.69) is 5.10 Å². The number of ether oxygens (including phenoxy) is 2. The SMILES string of the molecule is COc1ccc(C(=O)COC(=O)c2cc3c(C)nn(C)c3s2)cc1. The number of carbonyl (C=O) groups is 2. The number of methoxy groups -OCH3 is 1. The Balaban J connectivity index is 1.67. The Morgan fingerprint density at radius 1 is 1.25 bits per heavy atom. The molecule has 1 aromatic carbocycles. The third kappa shape index (κ3) is 3.03. The van der Waals surface area contributed by atoms with Gasteiger partial charge in [-0.1, -0.05) is 0 Å². The number of nitrogens with zero attached hydrogens (tertiary/aromatic N) is 2. The Bertz CT molecular complexity index is 874. The molecule has 6 nitrogen and oxygen atoms in total. The lowest BCUT2D eigenvalue weighted by Crippen LogP contribution is -2.13. The molecule has 3 rings (SSSR count). The molecule has 0 radical (unpaired) electrons. The summed E-state index contributed by atoms with van der Waals surface area (Å²) in [6.07, 6.45) is 0. The summed E-state index contributed by atoms with van der Waals surface area (Å²) in [6, 6.07) is 8.42. The molecule has 0 atom stereocenters. The van der Waals surface area contributed by atoms with Crippen molar-refractivity contribution in [2.24, 2.45) is 7.05 Å². The van der Waals surface area contributed by atoms with E-state index in [1.54, 1.807) is 42.1 Å². The summed E-state index contributed by atoms with van der Waals surface area (Å²) in [4.78, 5) is 25.6. The van der Waals surface area contributed by atoms with Crippen molar-refractivity contribution in [1.29, 1.82) is 0 Å². The van der Waals surface area contributed by atoms with Crippen LogP contribution < -0.4 is 4.74 Å². The zero-order valence-corrected chi connectivity index (χ0v) is 14.3.